The minimum Gasteiger partial charge on any atom is -0.435 e. The van der Waals surface area contributed by atoms with E-state index >= 15 is 0 Å². The van der Waals surface area contributed by atoms with E-state index in [1.54, 1.807) is 23.5 Å². The molecule has 0 aliphatic rings. The molecule has 1 heterocycles. The summed E-state index contributed by atoms with van der Waals surface area (Å²) in [4.78, 5) is 4.45. The molecular formula is C15H18F2N2OS. The molecule has 0 spiro atoms. The highest BCUT2D eigenvalue weighted by atomic mass is 32.1. The van der Waals surface area contributed by atoms with Crippen LogP contribution < -0.4 is 10.1 Å². The summed E-state index contributed by atoms with van der Waals surface area (Å²) in [5.41, 5.74) is 1.89. The number of aromatic nitrogens is 1. The number of benzene rings is 1. The summed E-state index contributed by atoms with van der Waals surface area (Å²) in [5, 5.41) is 6.46. The molecule has 2 atom stereocenters. The summed E-state index contributed by atoms with van der Waals surface area (Å²) in [5.74, 6) is 0.174. The lowest BCUT2D eigenvalue weighted by atomic mass is 10.1. The second-order valence-corrected chi connectivity index (χ2v) is 5.91. The van der Waals surface area contributed by atoms with Crippen LogP contribution in [0.2, 0.25) is 0 Å². The Labute approximate surface area is 127 Å². The molecule has 0 bridgehead atoms. The summed E-state index contributed by atoms with van der Waals surface area (Å²) < 4.78 is 28.9. The summed E-state index contributed by atoms with van der Waals surface area (Å²) >= 11 is 1.61. The van der Waals surface area contributed by atoms with E-state index in [1.165, 1.54) is 6.07 Å². The summed E-state index contributed by atoms with van der Waals surface area (Å²) in [6.45, 7) is 3.18. The van der Waals surface area contributed by atoms with Gasteiger partial charge in [0.05, 0.1) is 10.7 Å². The maximum Gasteiger partial charge on any atom is 0.387 e. The third-order valence-electron chi connectivity index (χ3n) is 3.16. The van der Waals surface area contributed by atoms with Crippen molar-refractivity contribution in [2.45, 2.75) is 39.5 Å². The molecular weight excluding hydrogens is 294 g/mol. The summed E-state index contributed by atoms with van der Waals surface area (Å²) in [6, 6.07) is 6.84. The van der Waals surface area contributed by atoms with Crippen LogP contribution in [-0.4, -0.2) is 11.6 Å². The van der Waals surface area contributed by atoms with Gasteiger partial charge in [-0.15, -0.1) is 11.3 Å². The van der Waals surface area contributed by atoms with Crippen LogP contribution in [0.1, 0.15) is 42.2 Å². The van der Waals surface area contributed by atoms with Gasteiger partial charge in [0.2, 0.25) is 0 Å². The number of aryl methyl sites for hydroxylation is 1. The second kappa shape index (κ2) is 6.95. The van der Waals surface area contributed by atoms with Crippen molar-refractivity contribution in [2.24, 2.45) is 0 Å². The molecule has 2 rings (SSSR count). The Bertz CT molecular complexity index is 589. The number of alkyl halides is 2. The number of halogens is 2. The first-order chi connectivity index (χ1) is 9.95. The quantitative estimate of drug-likeness (QED) is 0.855. The van der Waals surface area contributed by atoms with Crippen LogP contribution in [0.25, 0.3) is 0 Å². The third-order valence-corrected chi connectivity index (χ3v) is 3.96. The Kier molecular flexibility index (Phi) is 5.25. The van der Waals surface area contributed by atoms with Crippen LogP contribution in [0.5, 0.6) is 5.75 Å². The van der Waals surface area contributed by atoms with Crippen molar-refractivity contribution in [1.29, 1.82) is 0 Å². The van der Waals surface area contributed by atoms with E-state index in [0.29, 0.717) is 0 Å². The normalized spacial score (nSPS) is 14.2. The largest absolute Gasteiger partial charge is 0.435 e. The smallest absolute Gasteiger partial charge is 0.387 e. The predicted octanol–water partition coefficient (Wildman–Crippen LogP) is 4.46. The van der Waals surface area contributed by atoms with Gasteiger partial charge in [0.1, 0.15) is 5.75 Å². The number of nitrogens with zero attached hydrogens (tertiary/aromatic N) is 1. The van der Waals surface area contributed by atoms with Crippen molar-refractivity contribution in [1.82, 2.24) is 10.3 Å². The van der Waals surface area contributed by atoms with Gasteiger partial charge in [-0.1, -0.05) is 12.1 Å². The maximum atomic E-state index is 12.2. The van der Waals surface area contributed by atoms with Crippen LogP contribution in [0, 0.1) is 6.92 Å². The molecule has 0 amide bonds. The van der Waals surface area contributed by atoms with E-state index in [1.807, 2.05) is 32.2 Å². The highest BCUT2D eigenvalue weighted by Crippen LogP contribution is 2.24. The molecule has 0 radical (unpaired) electrons. The zero-order chi connectivity index (χ0) is 15.4. The lowest BCUT2D eigenvalue weighted by molar-refractivity contribution is -0.0499. The molecule has 0 saturated carbocycles. The van der Waals surface area contributed by atoms with Crippen molar-refractivity contribution in [3.05, 3.63) is 45.9 Å². The van der Waals surface area contributed by atoms with E-state index in [2.05, 4.69) is 15.0 Å². The van der Waals surface area contributed by atoms with Gasteiger partial charge in [0, 0.05) is 17.5 Å². The first-order valence-corrected chi connectivity index (χ1v) is 7.56. The third kappa shape index (κ3) is 4.47. The Hall–Kier alpha value is -1.53. The fraction of sp³-hybridized carbons (Fsp3) is 0.400. The molecule has 1 aromatic heterocycles. The van der Waals surface area contributed by atoms with Crippen LogP contribution in [0.3, 0.4) is 0 Å². The van der Waals surface area contributed by atoms with Gasteiger partial charge in [-0.25, -0.2) is 4.98 Å². The van der Waals surface area contributed by atoms with Crippen LogP contribution >= 0.6 is 11.3 Å². The highest BCUT2D eigenvalue weighted by Gasteiger charge is 2.14. The summed E-state index contributed by atoms with van der Waals surface area (Å²) in [7, 11) is 0. The van der Waals surface area contributed by atoms with Gasteiger partial charge < -0.3 is 10.1 Å². The van der Waals surface area contributed by atoms with Crippen molar-refractivity contribution in [2.75, 3.05) is 0 Å². The molecule has 0 fully saturated rings. The van der Waals surface area contributed by atoms with Crippen LogP contribution in [0.15, 0.2) is 29.6 Å². The first-order valence-electron chi connectivity index (χ1n) is 6.68. The lowest BCUT2D eigenvalue weighted by Gasteiger charge is -2.19. The minimum atomic E-state index is -2.81. The van der Waals surface area contributed by atoms with E-state index < -0.39 is 6.61 Å². The number of thiazole rings is 1. The molecule has 21 heavy (non-hydrogen) atoms. The van der Waals surface area contributed by atoms with Gasteiger partial charge in [0.25, 0.3) is 0 Å². The Balaban J connectivity index is 2.04. The average Bonchev–Trinajstić information content (AvgIpc) is 2.85. The zero-order valence-corrected chi connectivity index (χ0v) is 13.0. The van der Waals surface area contributed by atoms with Gasteiger partial charge in [-0.3, -0.25) is 0 Å². The lowest BCUT2D eigenvalue weighted by Crippen LogP contribution is -2.22. The first kappa shape index (κ1) is 15.9. The molecule has 2 unspecified atom stereocenters. The van der Waals surface area contributed by atoms with E-state index in [4.69, 9.17) is 0 Å². The van der Waals surface area contributed by atoms with Crippen molar-refractivity contribution in [3.8, 4) is 5.75 Å². The van der Waals surface area contributed by atoms with E-state index in [0.717, 1.165) is 16.3 Å². The number of hydrogen-bond acceptors (Lipinski definition) is 4. The summed E-state index contributed by atoms with van der Waals surface area (Å²) in [6.07, 6.45) is 0. The van der Waals surface area contributed by atoms with E-state index in [9.17, 15) is 8.78 Å². The number of rotatable bonds is 6. The number of ether oxygens (including phenoxy) is 1. The second-order valence-electron chi connectivity index (χ2n) is 4.85. The zero-order valence-electron chi connectivity index (χ0n) is 12.1. The number of nitrogens with one attached hydrogen (secondary N) is 1. The minimum absolute atomic E-state index is 0.00299. The Morgan fingerprint density at radius 3 is 2.62 bits per heavy atom. The molecule has 6 heteroatoms. The molecule has 114 valence electrons. The topological polar surface area (TPSA) is 34.2 Å². The molecule has 3 nitrogen and oxygen atoms in total. The molecule has 2 aromatic rings. The SMILES string of the molecule is Cc1nc(C(C)NC(C)c2cccc(OC(F)F)c2)cs1. The fourth-order valence-electron chi connectivity index (χ4n) is 2.10. The average molecular weight is 312 g/mol. The van der Waals surface area contributed by atoms with Gasteiger partial charge in [-0.2, -0.15) is 8.78 Å². The Morgan fingerprint density at radius 1 is 1.24 bits per heavy atom. The predicted molar refractivity (Wildman–Crippen MR) is 79.9 cm³/mol. The van der Waals surface area contributed by atoms with Crippen molar-refractivity contribution < 1.29 is 13.5 Å². The standard InChI is InChI=1S/C15H18F2N2OS/c1-9(18-10(2)14-8-21-11(3)19-14)12-5-4-6-13(7-12)20-15(16)17/h4-10,15,18H,1-3H3. The monoisotopic (exact) mass is 312 g/mol. The molecule has 0 aliphatic heterocycles. The van der Waals surface area contributed by atoms with Gasteiger partial charge in [0.15, 0.2) is 0 Å². The van der Waals surface area contributed by atoms with Gasteiger partial charge in [-0.05, 0) is 38.5 Å². The molecule has 1 aromatic carbocycles. The highest BCUT2D eigenvalue weighted by molar-refractivity contribution is 7.09. The van der Waals surface area contributed by atoms with Crippen molar-refractivity contribution in [3.63, 3.8) is 0 Å². The maximum absolute atomic E-state index is 12.2. The Morgan fingerprint density at radius 2 is 2.00 bits per heavy atom. The van der Waals surface area contributed by atoms with Crippen LogP contribution in [-0.2, 0) is 0 Å². The molecule has 1 N–H and O–H groups in total. The van der Waals surface area contributed by atoms with Crippen LogP contribution in [0.4, 0.5) is 8.78 Å². The molecule has 0 saturated heterocycles. The molecule has 0 aliphatic carbocycles. The van der Waals surface area contributed by atoms with E-state index in [-0.39, 0.29) is 17.8 Å². The van der Waals surface area contributed by atoms with Gasteiger partial charge >= 0.3 is 6.61 Å². The number of hydrogen-bond donors (Lipinski definition) is 1. The fourth-order valence-corrected chi connectivity index (χ4v) is 2.80. The van der Waals surface area contributed by atoms with Crippen molar-refractivity contribution >= 4 is 11.3 Å².